The van der Waals surface area contributed by atoms with E-state index in [1.807, 2.05) is 0 Å². The van der Waals surface area contributed by atoms with E-state index in [4.69, 9.17) is 20.3 Å². The molecule has 0 aliphatic rings. The summed E-state index contributed by atoms with van der Waals surface area (Å²) in [6.07, 6.45) is 4.94. The van der Waals surface area contributed by atoms with Crippen molar-refractivity contribution in [1.29, 1.82) is 0 Å². The molecule has 16 nitrogen and oxygen atoms in total. The summed E-state index contributed by atoms with van der Waals surface area (Å²) in [6, 6.07) is -2.46. The summed E-state index contributed by atoms with van der Waals surface area (Å²) in [5.41, 5.74) is 6.59. The Kier molecular flexibility index (Phi) is 18.5. The molecule has 0 aliphatic heterocycles. The number of aromatic amines is 1. The maximum absolute atomic E-state index is 12.2. The lowest BCUT2D eigenvalue weighted by atomic mass is 10.1. The molecule has 3 atom stereocenters. The fourth-order valence-corrected chi connectivity index (χ4v) is 3.57. The number of carboxylic acids is 2. The van der Waals surface area contributed by atoms with Gasteiger partial charge in [0, 0.05) is 37.8 Å². The minimum absolute atomic E-state index is 0.0804. The smallest absolute Gasteiger partial charge is 0.320 e. The highest BCUT2D eigenvalue weighted by Gasteiger charge is 2.21. The van der Waals surface area contributed by atoms with Gasteiger partial charge in [0.15, 0.2) is 5.78 Å². The van der Waals surface area contributed by atoms with Crippen molar-refractivity contribution in [2.24, 2.45) is 5.73 Å². The van der Waals surface area contributed by atoms with Crippen LogP contribution in [0.3, 0.4) is 0 Å². The predicted molar refractivity (Wildman–Crippen MR) is 146 cm³/mol. The van der Waals surface area contributed by atoms with E-state index in [1.54, 1.807) is 6.20 Å². The van der Waals surface area contributed by atoms with E-state index in [-0.39, 0.29) is 82.8 Å². The summed E-state index contributed by atoms with van der Waals surface area (Å²) in [6.45, 7) is 0.949. The van der Waals surface area contributed by atoms with Crippen molar-refractivity contribution in [3.05, 3.63) is 18.2 Å². The van der Waals surface area contributed by atoms with Crippen LogP contribution in [0.15, 0.2) is 12.5 Å². The molecule has 0 saturated heterocycles. The molecule has 0 radical (unpaired) electrons. The van der Waals surface area contributed by atoms with Gasteiger partial charge in [0.25, 0.3) is 0 Å². The van der Waals surface area contributed by atoms with Crippen LogP contribution in [-0.2, 0) is 39.9 Å². The van der Waals surface area contributed by atoms with E-state index in [9.17, 15) is 29.1 Å². The summed E-state index contributed by atoms with van der Waals surface area (Å²) in [7, 11) is 1.52. The number of hydrogen-bond acceptors (Lipinski definition) is 11. The van der Waals surface area contributed by atoms with E-state index in [1.165, 1.54) is 13.4 Å². The normalized spacial score (nSPS) is 13.2. The van der Waals surface area contributed by atoms with Crippen molar-refractivity contribution in [2.45, 2.75) is 56.7 Å². The van der Waals surface area contributed by atoms with Gasteiger partial charge in [-0.15, -0.1) is 0 Å². The molecule has 1 rings (SSSR count). The van der Waals surface area contributed by atoms with Crippen LogP contribution in [0.4, 0.5) is 0 Å². The molecule has 1 heterocycles. The number of hydrogen-bond donors (Lipinski definition) is 8. The number of carbonyl (C=O) groups is 5. The lowest BCUT2D eigenvalue weighted by Crippen LogP contribution is -2.45. The standard InChI is InChI=1S/C25H43N7O9/c1-27-19(24(36)37)5-6-22(34)30-8-9-40-10-11-41-15-23(35)29-7-3-2-4-20(25(38)39)31-14-21(33)18(26)12-17-13-28-16-32-17/h13,16,18-20,27,31H,2-12,14-15,26H2,1H3,(H,28,32)(H,29,35)(H,30,34)(H,36,37)(H,38,39)/t18-,19-,20-/m0/s1. The molecule has 1 aromatic heterocycles. The van der Waals surface area contributed by atoms with Crippen LogP contribution >= 0.6 is 0 Å². The zero-order chi connectivity index (χ0) is 30.5. The quantitative estimate of drug-likeness (QED) is 0.0567. The van der Waals surface area contributed by atoms with Gasteiger partial charge in [0.1, 0.15) is 18.7 Å². The van der Waals surface area contributed by atoms with Crippen molar-refractivity contribution in [1.82, 2.24) is 31.2 Å². The molecular formula is C25H43N7O9. The second kappa shape index (κ2) is 21.3. The molecule has 16 heteroatoms. The number of rotatable bonds is 25. The molecule has 41 heavy (non-hydrogen) atoms. The van der Waals surface area contributed by atoms with E-state index in [0.29, 0.717) is 19.4 Å². The Balaban J connectivity index is 2.03. The van der Waals surface area contributed by atoms with E-state index in [2.05, 4.69) is 31.2 Å². The summed E-state index contributed by atoms with van der Waals surface area (Å²) in [5.74, 6) is -2.97. The number of H-pyrrole nitrogens is 1. The first kappa shape index (κ1) is 35.6. The Morgan fingerprint density at radius 3 is 2.32 bits per heavy atom. The van der Waals surface area contributed by atoms with Gasteiger partial charge in [-0.3, -0.25) is 29.3 Å². The maximum atomic E-state index is 12.2. The first-order valence-corrected chi connectivity index (χ1v) is 13.4. The number of ether oxygens (including phenoxy) is 2. The number of carboxylic acid groups (broad SMARTS) is 2. The molecule has 1 aromatic rings. The molecule has 0 saturated carbocycles. The van der Waals surface area contributed by atoms with Gasteiger partial charge in [0.05, 0.1) is 38.7 Å². The zero-order valence-corrected chi connectivity index (χ0v) is 23.4. The Bertz CT molecular complexity index is 931. The van der Waals surface area contributed by atoms with Crippen LogP contribution in [0.2, 0.25) is 0 Å². The van der Waals surface area contributed by atoms with Crippen LogP contribution in [0.5, 0.6) is 0 Å². The first-order valence-electron chi connectivity index (χ1n) is 13.4. The number of nitrogens with two attached hydrogens (primary N) is 1. The number of nitrogens with one attached hydrogen (secondary N) is 5. The molecule has 0 unspecified atom stereocenters. The second-order valence-electron chi connectivity index (χ2n) is 9.20. The van der Waals surface area contributed by atoms with Crippen molar-refractivity contribution in [3.8, 4) is 0 Å². The maximum Gasteiger partial charge on any atom is 0.320 e. The fourth-order valence-electron chi connectivity index (χ4n) is 3.57. The number of amides is 2. The second-order valence-corrected chi connectivity index (χ2v) is 9.20. The summed E-state index contributed by atoms with van der Waals surface area (Å²) < 4.78 is 10.5. The minimum Gasteiger partial charge on any atom is -0.480 e. The third-order valence-electron chi connectivity index (χ3n) is 5.95. The largest absolute Gasteiger partial charge is 0.480 e. The van der Waals surface area contributed by atoms with E-state index in [0.717, 1.165) is 5.69 Å². The fraction of sp³-hybridized carbons (Fsp3) is 0.680. The van der Waals surface area contributed by atoms with Gasteiger partial charge in [-0.25, -0.2) is 4.98 Å². The summed E-state index contributed by atoms with van der Waals surface area (Å²) in [5, 5.41) is 29.0. The number of imidazole rings is 1. The number of unbranched alkanes of at least 4 members (excludes halogenated alkanes) is 1. The monoisotopic (exact) mass is 585 g/mol. The highest BCUT2D eigenvalue weighted by molar-refractivity contribution is 5.86. The molecule has 0 bridgehead atoms. The Morgan fingerprint density at radius 1 is 0.951 bits per heavy atom. The molecule has 2 amide bonds. The highest BCUT2D eigenvalue weighted by Crippen LogP contribution is 2.02. The average Bonchev–Trinajstić information content (AvgIpc) is 3.44. The molecular weight excluding hydrogens is 542 g/mol. The number of aromatic nitrogens is 2. The van der Waals surface area contributed by atoms with Crippen LogP contribution in [0.25, 0.3) is 0 Å². The lowest BCUT2D eigenvalue weighted by molar-refractivity contribution is -0.140. The number of aliphatic carboxylic acids is 2. The SMILES string of the molecule is CN[C@@H](CCC(=O)NCCOCCOCC(=O)NCCCC[C@H](NCC(=O)[C@@H](N)Cc1cnc[nH]1)C(=O)O)C(=O)O. The number of ketones is 1. The Labute approximate surface area is 238 Å². The molecule has 0 spiro atoms. The van der Waals surface area contributed by atoms with Crippen LogP contribution < -0.4 is 27.0 Å². The molecule has 232 valence electrons. The number of nitrogens with zero attached hydrogens (tertiary/aromatic N) is 1. The van der Waals surface area contributed by atoms with Crippen LogP contribution in [0, 0.1) is 0 Å². The van der Waals surface area contributed by atoms with Crippen LogP contribution in [-0.4, -0.2) is 121 Å². The highest BCUT2D eigenvalue weighted by atomic mass is 16.5. The first-order chi connectivity index (χ1) is 19.6. The van der Waals surface area contributed by atoms with E-state index >= 15 is 0 Å². The number of likely N-dealkylation sites (N-methyl/N-ethyl adjacent to an activating group) is 1. The summed E-state index contributed by atoms with van der Waals surface area (Å²) in [4.78, 5) is 64.9. The van der Waals surface area contributed by atoms with Gasteiger partial charge in [-0.05, 0) is 32.7 Å². The van der Waals surface area contributed by atoms with Crippen molar-refractivity contribution >= 4 is 29.5 Å². The van der Waals surface area contributed by atoms with Gasteiger partial charge in [-0.2, -0.15) is 0 Å². The molecule has 9 N–H and O–H groups in total. The zero-order valence-electron chi connectivity index (χ0n) is 23.4. The molecule has 0 aromatic carbocycles. The summed E-state index contributed by atoms with van der Waals surface area (Å²) >= 11 is 0. The third-order valence-corrected chi connectivity index (χ3v) is 5.95. The van der Waals surface area contributed by atoms with Gasteiger partial charge < -0.3 is 46.4 Å². The average molecular weight is 586 g/mol. The predicted octanol–water partition coefficient (Wildman–Crippen LogP) is -2.22. The van der Waals surface area contributed by atoms with Crippen molar-refractivity contribution < 1.29 is 43.7 Å². The number of Topliss-reactive ketones (excluding diaryl/α,β-unsaturated/α-hetero) is 1. The Morgan fingerprint density at radius 2 is 1.66 bits per heavy atom. The van der Waals surface area contributed by atoms with Gasteiger partial charge in [0.2, 0.25) is 11.8 Å². The van der Waals surface area contributed by atoms with Crippen molar-refractivity contribution in [3.63, 3.8) is 0 Å². The Hall–Kier alpha value is -3.44. The lowest BCUT2D eigenvalue weighted by Gasteiger charge is -2.16. The molecule has 0 aliphatic carbocycles. The van der Waals surface area contributed by atoms with Gasteiger partial charge >= 0.3 is 11.9 Å². The van der Waals surface area contributed by atoms with Crippen LogP contribution in [0.1, 0.15) is 37.8 Å². The third kappa shape index (κ3) is 17.1. The molecule has 0 fully saturated rings. The number of carbonyl (C=O) groups excluding carboxylic acids is 3. The van der Waals surface area contributed by atoms with Gasteiger partial charge in [-0.1, -0.05) is 0 Å². The van der Waals surface area contributed by atoms with Crippen molar-refractivity contribution in [2.75, 3.05) is 53.1 Å². The topological polar surface area (TPSA) is 247 Å². The van der Waals surface area contributed by atoms with E-state index < -0.39 is 30.1 Å². The minimum atomic E-state index is -1.07.